The Morgan fingerprint density at radius 2 is 2.25 bits per heavy atom. The van der Waals surface area contributed by atoms with E-state index in [1.165, 1.54) is 23.3 Å². The monoisotopic (exact) mass is 294 g/mol. The van der Waals surface area contributed by atoms with Gasteiger partial charge in [0.1, 0.15) is 5.00 Å². The van der Waals surface area contributed by atoms with Crippen molar-refractivity contribution in [1.29, 1.82) is 0 Å². The Bertz CT molecular complexity index is 537. The number of methoxy groups -OCH3 is 1. The van der Waals surface area contributed by atoms with Crippen molar-refractivity contribution in [3.8, 4) is 0 Å². The first-order chi connectivity index (χ1) is 9.67. The third-order valence-electron chi connectivity index (χ3n) is 3.14. The van der Waals surface area contributed by atoms with E-state index in [1.54, 1.807) is 6.08 Å². The quantitative estimate of drug-likeness (QED) is 0.476. The molecule has 0 aliphatic heterocycles. The van der Waals surface area contributed by atoms with Crippen molar-refractivity contribution in [2.75, 3.05) is 25.5 Å². The number of anilines is 1. The molecule has 0 saturated heterocycles. The molecule has 1 aromatic rings. The van der Waals surface area contributed by atoms with Crippen LogP contribution in [-0.4, -0.2) is 32.1 Å². The molecule has 1 aromatic heterocycles. The predicted octanol–water partition coefficient (Wildman–Crippen LogP) is 1.74. The Morgan fingerprint density at radius 1 is 1.45 bits per heavy atom. The lowest BCUT2D eigenvalue weighted by Crippen LogP contribution is -2.28. The summed E-state index contributed by atoms with van der Waals surface area (Å²) in [5.41, 5.74) is 1.57. The van der Waals surface area contributed by atoms with Crippen molar-refractivity contribution in [1.82, 2.24) is 5.32 Å². The molecular formula is C14H18N2O3S. The van der Waals surface area contributed by atoms with Gasteiger partial charge in [0.15, 0.2) is 0 Å². The van der Waals surface area contributed by atoms with Crippen molar-refractivity contribution in [2.24, 2.45) is 0 Å². The fourth-order valence-electron chi connectivity index (χ4n) is 2.27. The van der Waals surface area contributed by atoms with E-state index in [-0.39, 0.29) is 18.4 Å². The highest BCUT2D eigenvalue weighted by atomic mass is 32.1. The minimum absolute atomic E-state index is 0.170. The summed E-state index contributed by atoms with van der Waals surface area (Å²) in [5.74, 6) is -0.546. The molecule has 0 atom stereocenters. The maximum Gasteiger partial charge on any atom is 0.341 e. The van der Waals surface area contributed by atoms with Crippen LogP contribution in [0.3, 0.4) is 0 Å². The number of nitrogens with one attached hydrogen (secondary N) is 2. The number of hydrogen-bond donors (Lipinski definition) is 2. The van der Waals surface area contributed by atoms with Crippen LogP contribution in [0.15, 0.2) is 12.7 Å². The number of esters is 1. The first-order valence-corrected chi connectivity index (χ1v) is 7.33. The second-order valence-electron chi connectivity index (χ2n) is 4.52. The highest BCUT2D eigenvalue weighted by Crippen LogP contribution is 2.39. The zero-order valence-electron chi connectivity index (χ0n) is 11.5. The Hall–Kier alpha value is -1.66. The lowest BCUT2D eigenvalue weighted by atomic mass is 10.1. The lowest BCUT2D eigenvalue weighted by molar-refractivity contribution is -0.115. The molecule has 6 heteroatoms. The van der Waals surface area contributed by atoms with Gasteiger partial charge in [0.2, 0.25) is 5.91 Å². The van der Waals surface area contributed by atoms with Gasteiger partial charge >= 0.3 is 5.97 Å². The summed E-state index contributed by atoms with van der Waals surface area (Å²) in [7, 11) is 1.36. The molecule has 1 amide bonds. The van der Waals surface area contributed by atoms with Crippen LogP contribution in [-0.2, 0) is 22.4 Å². The molecule has 1 aliphatic carbocycles. The lowest BCUT2D eigenvalue weighted by Gasteiger charge is -2.07. The Labute approximate surface area is 122 Å². The van der Waals surface area contributed by atoms with Gasteiger partial charge in [0.25, 0.3) is 0 Å². The number of rotatable bonds is 6. The summed E-state index contributed by atoms with van der Waals surface area (Å²) in [6, 6.07) is 0. The maximum absolute atomic E-state index is 11.9. The molecule has 1 heterocycles. The summed E-state index contributed by atoms with van der Waals surface area (Å²) >= 11 is 1.48. The van der Waals surface area contributed by atoms with E-state index in [9.17, 15) is 9.59 Å². The Balaban J connectivity index is 2.13. The van der Waals surface area contributed by atoms with E-state index in [4.69, 9.17) is 4.74 Å². The largest absolute Gasteiger partial charge is 0.465 e. The fourth-order valence-corrected chi connectivity index (χ4v) is 3.56. The van der Waals surface area contributed by atoms with E-state index in [0.29, 0.717) is 17.1 Å². The van der Waals surface area contributed by atoms with Crippen LogP contribution in [0.2, 0.25) is 0 Å². The molecule has 0 saturated carbocycles. The normalized spacial score (nSPS) is 12.8. The standard InChI is InChI=1S/C14H18N2O3S/c1-3-7-15-8-11(17)16-13-12(14(18)19-2)9-5-4-6-10(9)20-13/h3,15H,1,4-8H2,2H3,(H,16,17). The third kappa shape index (κ3) is 3.08. The minimum Gasteiger partial charge on any atom is -0.465 e. The number of amides is 1. The van der Waals surface area contributed by atoms with E-state index in [1.807, 2.05) is 0 Å². The second kappa shape index (κ2) is 6.67. The number of aryl methyl sites for hydroxylation is 1. The number of fused-ring (bicyclic) bond motifs is 1. The summed E-state index contributed by atoms with van der Waals surface area (Å²) in [6.45, 7) is 4.33. The first kappa shape index (κ1) is 14.7. The molecule has 2 rings (SSSR count). The van der Waals surface area contributed by atoms with Gasteiger partial charge in [-0.05, 0) is 24.8 Å². The van der Waals surface area contributed by atoms with E-state index < -0.39 is 0 Å². The topological polar surface area (TPSA) is 67.4 Å². The minimum atomic E-state index is -0.376. The highest BCUT2D eigenvalue weighted by molar-refractivity contribution is 7.17. The number of thiophene rings is 1. The summed E-state index contributed by atoms with van der Waals surface area (Å²) in [4.78, 5) is 24.9. The molecule has 0 spiro atoms. The van der Waals surface area contributed by atoms with Gasteiger partial charge in [-0.15, -0.1) is 17.9 Å². The van der Waals surface area contributed by atoms with Gasteiger partial charge in [-0.1, -0.05) is 6.08 Å². The molecule has 0 aromatic carbocycles. The van der Waals surface area contributed by atoms with Crippen molar-refractivity contribution in [2.45, 2.75) is 19.3 Å². The van der Waals surface area contributed by atoms with Gasteiger partial charge in [0.05, 0.1) is 19.2 Å². The van der Waals surface area contributed by atoms with Gasteiger partial charge in [-0.3, -0.25) is 4.79 Å². The summed E-state index contributed by atoms with van der Waals surface area (Å²) in [5, 5.41) is 6.33. The molecule has 108 valence electrons. The predicted molar refractivity (Wildman–Crippen MR) is 79.4 cm³/mol. The number of hydrogen-bond acceptors (Lipinski definition) is 5. The molecule has 5 nitrogen and oxygen atoms in total. The molecule has 0 unspecified atom stereocenters. The fraction of sp³-hybridized carbons (Fsp3) is 0.429. The van der Waals surface area contributed by atoms with Crippen LogP contribution in [0.5, 0.6) is 0 Å². The van der Waals surface area contributed by atoms with Gasteiger partial charge < -0.3 is 15.4 Å². The Kier molecular flexibility index (Phi) is 4.92. The highest BCUT2D eigenvalue weighted by Gasteiger charge is 2.27. The van der Waals surface area contributed by atoms with Crippen molar-refractivity contribution >= 4 is 28.2 Å². The maximum atomic E-state index is 11.9. The van der Waals surface area contributed by atoms with E-state index in [0.717, 1.165) is 24.8 Å². The SMILES string of the molecule is C=CCNCC(=O)Nc1sc2c(c1C(=O)OC)CCC2. The van der Waals surface area contributed by atoms with Crippen LogP contribution >= 0.6 is 11.3 Å². The van der Waals surface area contributed by atoms with Crippen LogP contribution < -0.4 is 10.6 Å². The first-order valence-electron chi connectivity index (χ1n) is 6.51. The second-order valence-corrected chi connectivity index (χ2v) is 5.63. The summed E-state index contributed by atoms with van der Waals surface area (Å²) < 4.78 is 4.83. The number of carbonyl (C=O) groups is 2. The van der Waals surface area contributed by atoms with E-state index in [2.05, 4.69) is 17.2 Å². The van der Waals surface area contributed by atoms with Gasteiger partial charge in [-0.2, -0.15) is 0 Å². The van der Waals surface area contributed by atoms with Gasteiger partial charge in [-0.25, -0.2) is 4.79 Å². The van der Waals surface area contributed by atoms with Crippen molar-refractivity contribution < 1.29 is 14.3 Å². The number of ether oxygens (including phenoxy) is 1. The molecular weight excluding hydrogens is 276 g/mol. The van der Waals surface area contributed by atoms with Crippen molar-refractivity contribution in [3.05, 3.63) is 28.7 Å². The smallest absolute Gasteiger partial charge is 0.341 e. The zero-order chi connectivity index (χ0) is 14.5. The van der Waals surface area contributed by atoms with Crippen LogP contribution in [0, 0.1) is 0 Å². The average molecular weight is 294 g/mol. The van der Waals surface area contributed by atoms with Gasteiger partial charge in [0, 0.05) is 11.4 Å². The van der Waals surface area contributed by atoms with Crippen molar-refractivity contribution in [3.63, 3.8) is 0 Å². The summed E-state index contributed by atoms with van der Waals surface area (Å²) in [6.07, 6.45) is 4.59. The third-order valence-corrected chi connectivity index (χ3v) is 4.35. The van der Waals surface area contributed by atoms with Crippen LogP contribution in [0.25, 0.3) is 0 Å². The Morgan fingerprint density at radius 3 is 2.95 bits per heavy atom. The molecule has 2 N–H and O–H groups in total. The van der Waals surface area contributed by atoms with Crippen LogP contribution in [0.1, 0.15) is 27.2 Å². The molecule has 0 bridgehead atoms. The molecule has 1 aliphatic rings. The average Bonchev–Trinajstić information content (AvgIpc) is 2.98. The molecule has 20 heavy (non-hydrogen) atoms. The van der Waals surface area contributed by atoms with E-state index >= 15 is 0 Å². The number of carbonyl (C=O) groups excluding carboxylic acids is 2. The molecule has 0 fully saturated rings. The molecule has 0 radical (unpaired) electrons. The van der Waals surface area contributed by atoms with Crippen LogP contribution in [0.4, 0.5) is 5.00 Å². The zero-order valence-corrected chi connectivity index (χ0v) is 12.3.